The van der Waals surface area contributed by atoms with Gasteiger partial charge in [0, 0.05) is 11.8 Å². The lowest BCUT2D eigenvalue weighted by atomic mass is 9.85. The summed E-state index contributed by atoms with van der Waals surface area (Å²) in [5.74, 6) is 0.364. The number of carbonyl (C=O) groups excluding carboxylic acids is 2. The highest BCUT2D eigenvalue weighted by molar-refractivity contribution is 6.32. The van der Waals surface area contributed by atoms with Gasteiger partial charge >= 0.3 is 0 Å². The van der Waals surface area contributed by atoms with E-state index in [-0.39, 0.29) is 36.6 Å². The highest BCUT2D eigenvalue weighted by Crippen LogP contribution is 2.28. The minimum absolute atomic E-state index is 0.0884. The monoisotopic (exact) mass is 362 g/mol. The van der Waals surface area contributed by atoms with Gasteiger partial charge in [-0.05, 0) is 25.7 Å². The largest absolute Gasteiger partial charge is 0.377 e. The molecule has 0 bridgehead atoms. The van der Waals surface area contributed by atoms with E-state index in [9.17, 15) is 9.59 Å². The molecule has 0 aromatic rings. The molecule has 132 valence electrons. The Hall–Kier alpha value is -0.120. The summed E-state index contributed by atoms with van der Waals surface area (Å²) in [5.41, 5.74) is 0. The van der Waals surface area contributed by atoms with E-state index in [1.807, 2.05) is 0 Å². The zero-order chi connectivity index (χ0) is 16.7. The maximum absolute atomic E-state index is 12.2. The summed E-state index contributed by atoms with van der Waals surface area (Å²) in [6.45, 7) is 0.302. The van der Waals surface area contributed by atoms with E-state index in [4.69, 9.17) is 27.9 Å². The lowest BCUT2D eigenvalue weighted by molar-refractivity contribution is -0.125. The minimum atomic E-state index is -0.619. The molecule has 0 radical (unpaired) electrons. The molecule has 2 saturated carbocycles. The average molecular weight is 363 g/mol. The van der Waals surface area contributed by atoms with E-state index in [2.05, 4.69) is 0 Å². The topological polar surface area (TPSA) is 43.4 Å². The Bertz CT molecular complexity index is 352. The predicted molar refractivity (Wildman–Crippen MR) is 93.3 cm³/mol. The van der Waals surface area contributed by atoms with Crippen molar-refractivity contribution in [2.75, 3.05) is 13.2 Å². The maximum atomic E-state index is 12.2. The molecule has 2 rings (SSSR count). The van der Waals surface area contributed by atoms with Gasteiger partial charge in [-0.3, -0.25) is 9.59 Å². The molecule has 3 nitrogen and oxygen atoms in total. The SMILES string of the molecule is O=C(C(Cl)COCC(Cl)C(=O)C1CCCCC1)C1CCCCC1. The van der Waals surface area contributed by atoms with Crippen LogP contribution >= 0.6 is 23.2 Å². The summed E-state index contributed by atoms with van der Waals surface area (Å²) in [6, 6.07) is 0. The van der Waals surface area contributed by atoms with Gasteiger partial charge in [0.05, 0.1) is 13.2 Å². The second-order valence-corrected chi connectivity index (χ2v) is 8.00. The zero-order valence-electron chi connectivity index (χ0n) is 13.8. The lowest BCUT2D eigenvalue weighted by Crippen LogP contribution is -2.32. The van der Waals surface area contributed by atoms with Crippen LogP contribution < -0.4 is 0 Å². The number of Topliss-reactive ketones (excluding diaryl/α,β-unsaturated/α-hetero) is 2. The van der Waals surface area contributed by atoms with Crippen molar-refractivity contribution in [3.8, 4) is 0 Å². The van der Waals surface area contributed by atoms with Gasteiger partial charge in [-0.2, -0.15) is 0 Å². The fraction of sp³-hybridized carbons (Fsp3) is 0.889. The van der Waals surface area contributed by atoms with Crippen LogP contribution in [0.1, 0.15) is 64.2 Å². The number of hydrogen-bond donors (Lipinski definition) is 0. The number of alkyl halides is 2. The van der Waals surface area contributed by atoms with Crippen LogP contribution in [0.3, 0.4) is 0 Å². The van der Waals surface area contributed by atoms with E-state index in [1.165, 1.54) is 12.8 Å². The molecule has 0 heterocycles. The van der Waals surface area contributed by atoms with Gasteiger partial charge in [0.15, 0.2) is 11.6 Å². The first-order valence-corrected chi connectivity index (χ1v) is 9.90. The van der Waals surface area contributed by atoms with E-state index in [1.54, 1.807) is 0 Å². The van der Waals surface area contributed by atoms with Gasteiger partial charge < -0.3 is 4.74 Å². The van der Waals surface area contributed by atoms with Crippen molar-refractivity contribution in [1.29, 1.82) is 0 Å². The van der Waals surface area contributed by atoms with Crippen LogP contribution in [-0.4, -0.2) is 35.5 Å². The maximum Gasteiger partial charge on any atom is 0.156 e. The number of ketones is 2. The Labute approximate surface area is 149 Å². The molecule has 2 atom stereocenters. The first kappa shape index (κ1) is 19.2. The van der Waals surface area contributed by atoms with Crippen LogP contribution in [-0.2, 0) is 14.3 Å². The molecule has 0 aliphatic heterocycles. The third-order valence-corrected chi connectivity index (χ3v) is 5.84. The quantitative estimate of drug-likeness (QED) is 0.596. The molecule has 2 aliphatic carbocycles. The number of ether oxygens (including phenoxy) is 1. The minimum Gasteiger partial charge on any atom is -0.377 e. The summed E-state index contributed by atoms with van der Waals surface area (Å²) in [4.78, 5) is 24.5. The Morgan fingerprint density at radius 1 is 0.739 bits per heavy atom. The van der Waals surface area contributed by atoms with Crippen molar-refractivity contribution in [3.05, 3.63) is 0 Å². The Morgan fingerprint density at radius 2 is 1.09 bits per heavy atom. The normalized spacial score (nSPS) is 23.4. The first-order valence-electron chi connectivity index (χ1n) is 9.03. The van der Waals surface area contributed by atoms with E-state index < -0.39 is 10.8 Å². The van der Waals surface area contributed by atoms with E-state index in [0.717, 1.165) is 51.4 Å². The van der Waals surface area contributed by atoms with Gasteiger partial charge in [0.25, 0.3) is 0 Å². The van der Waals surface area contributed by atoms with Crippen molar-refractivity contribution in [3.63, 3.8) is 0 Å². The second-order valence-electron chi connectivity index (χ2n) is 6.95. The van der Waals surface area contributed by atoms with Crippen molar-refractivity contribution in [2.45, 2.75) is 75.0 Å². The average Bonchev–Trinajstić information content (AvgIpc) is 2.61. The predicted octanol–water partition coefficient (Wildman–Crippen LogP) is 4.52. The summed E-state index contributed by atoms with van der Waals surface area (Å²) in [7, 11) is 0. The third-order valence-electron chi connectivity index (χ3n) is 5.16. The number of rotatable bonds is 8. The molecule has 0 aromatic heterocycles. The summed E-state index contributed by atoms with van der Waals surface area (Å²) in [5, 5.41) is -1.24. The molecule has 0 spiro atoms. The number of halogens is 2. The Morgan fingerprint density at radius 3 is 1.43 bits per heavy atom. The van der Waals surface area contributed by atoms with Gasteiger partial charge in [-0.25, -0.2) is 0 Å². The number of hydrogen-bond acceptors (Lipinski definition) is 3. The van der Waals surface area contributed by atoms with Crippen molar-refractivity contribution >= 4 is 34.8 Å². The zero-order valence-corrected chi connectivity index (χ0v) is 15.3. The van der Waals surface area contributed by atoms with Crippen LogP contribution in [0.4, 0.5) is 0 Å². The van der Waals surface area contributed by atoms with E-state index in [0.29, 0.717) is 0 Å². The fourth-order valence-corrected chi connectivity index (χ4v) is 4.26. The van der Waals surface area contributed by atoms with E-state index >= 15 is 0 Å². The molecular formula is C18H28Cl2O3. The molecule has 0 saturated heterocycles. The van der Waals surface area contributed by atoms with Crippen molar-refractivity contribution in [1.82, 2.24) is 0 Å². The van der Waals surface area contributed by atoms with Gasteiger partial charge in [-0.1, -0.05) is 38.5 Å². The molecule has 0 aromatic carbocycles. The molecule has 2 fully saturated rings. The Kier molecular flexibility index (Phi) is 8.35. The van der Waals surface area contributed by atoms with Crippen LogP contribution in [0.25, 0.3) is 0 Å². The molecular weight excluding hydrogens is 335 g/mol. The highest BCUT2D eigenvalue weighted by Gasteiger charge is 2.29. The third kappa shape index (κ3) is 6.03. The molecule has 2 unspecified atom stereocenters. The molecule has 0 amide bonds. The molecule has 2 aliphatic rings. The summed E-state index contributed by atoms with van der Waals surface area (Å²) >= 11 is 12.3. The smallest absolute Gasteiger partial charge is 0.156 e. The first-order chi connectivity index (χ1) is 11.1. The Balaban J connectivity index is 1.66. The van der Waals surface area contributed by atoms with Crippen molar-refractivity contribution < 1.29 is 14.3 Å². The van der Waals surface area contributed by atoms with Crippen LogP contribution in [0.2, 0.25) is 0 Å². The van der Waals surface area contributed by atoms with Crippen LogP contribution in [0, 0.1) is 11.8 Å². The van der Waals surface area contributed by atoms with Gasteiger partial charge in [0.1, 0.15) is 10.8 Å². The van der Waals surface area contributed by atoms with Crippen LogP contribution in [0.15, 0.2) is 0 Å². The summed E-state index contributed by atoms with van der Waals surface area (Å²) in [6.07, 6.45) is 10.7. The number of carbonyl (C=O) groups is 2. The molecule has 5 heteroatoms. The second kappa shape index (κ2) is 10.0. The van der Waals surface area contributed by atoms with Crippen molar-refractivity contribution in [2.24, 2.45) is 11.8 Å². The fourth-order valence-electron chi connectivity index (χ4n) is 3.72. The standard InChI is InChI=1S/C18H28Cl2O3/c19-15(17(21)13-7-3-1-4-8-13)11-23-12-16(20)18(22)14-9-5-2-6-10-14/h13-16H,1-12H2. The summed E-state index contributed by atoms with van der Waals surface area (Å²) < 4.78 is 5.48. The van der Waals surface area contributed by atoms with Gasteiger partial charge in [-0.15, -0.1) is 23.2 Å². The van der Waals surface area contributed by atoms with Gasteiger partial charge in [0.2, 0.25) is 0 Å². The molecule has 23 heavy (non-hydrogen) atoms. The lowest BCUT2D eigenvalue weighted by Gasteiger charge is -2.24. The molecule has 0 N–H and O–H groups in total. The highest BCUT2D eigenvalue weighted by atomic mass is 35.5. The van der Waals surface area contributed by atoms with Crippen LogP contribution in [0.5, 0.6) is 0 Å².